The van der Waals surface area contributed by atoms with Gasteiger partial charge in [-0.3, -0.25) is 4.79 Å². The molecular formula is C26H25NO4. The van der Waals surface area contributed by atoms with E-state index in [0.29, 0.717) is 5.56 Å². The number of carboxylic acids is 1. The molecule has 5 heteroatoms. The second-order valence-corrected chi connectivity index (χ2v) is 7.21. The first-order valence-corrected chi connectivity index (χ1v) is 10.0. The summed E-state index contributed by atoms with van der Waals surface area (Å²) in [7, 11) is 0. The Kier molecular flexibility index (Phi) is 7.35. The molecule has 0 saturated carbocycles. The van der Waals surface area contributed by atoms with Gasteiger partial charge in [0.15, 0.2) is 6.10 Å². The summed E-state index contributed by atoms with van der Waals surface area (Å²) in [5.41, 5.74) is 2.22. The smallest absolute Gasteiger partial charge is 0.335 e. The minimum Gasteiger partial charge on any atom is -0.479 e. The standard InChI is InChI=1S/C26H25NO4/c1-19(21-13-7-3-8-14-21)27(23(28)18-17-20-11-5-2-6-12-20)24(25(29)26(30)31)22-15-9-4-10-16-22/h2-19,24-25,29H,1H3,(H,30,31)/b18-17+. The Hall–Kier alpha value is -3.70. The van der Waals surface area contributed by atoms with Gasteiger partial charge in [-0.25, -0.2) is 4.79 Å². The summed E-state index contributed by atoms with van der Waals surface area (Å²) >= 11 is 0. The fraction of sp³-hybridized carbons (Fsp3) is 0.154. The van der Waals surface area contributed by atoms with Crippen molar-refractivity contribution < 1.29 is 19.8 Å². The third-order valence-electron chi connectivity index (χ3n) is 5.16. The molecule has 158 valence electrons. The van der Waals surface area contributed by atoms with Crippen LogP contribution >= 0.6 is 0 Å². The number of hydrogen-bond donors (Lipinski definition) is 2. The highest BCUT2D eigenvalue weighted by Crippen LogP contribution is 2.33. The number of aliphatic hydroxyl groups is 1. The van der Waals surface area contributed by atoms with E-state index in [0.717, 1.165) is 11.1 Å². The summed E-state index contributed by atoms with van der Waals surface area (Å²) in [4.78, 5) is 26.6. The van der Waals surface area contributed by atoms with Crippen LogP contribution in [0.2, 0.25) is 0 Å². The predicted molar refractivity (Wildman–Crippen MR) is 120 cm³/mol. The van der Waals surface area contributed by atoms with Crippen molar-refractivity contribution in [1.82, 2.24) is 4.90 Å². The minimum atomic E-state index is -1.79. The van der Waals surface area contributed by atoms with Gasteiger partial charge in [0.2, 0.25) is 5.91 Å². The molecule has 3 atom stereocenters. The Morgan fingerprint density at radius 2 is 1.29 bits per heavy atom. The number of carbonyl (C=O) groups is 2. The fourth-order valence-electron chi connectivity index (χ4n) is 3.56. The lowest BCUT2D eigenvalue weighted by atomic mass is 9.95. The lowest BCUT2D eigenvalue weighted by Gasteiger charge is -2.38. The molecule has 0 spiro atoms. The normalized spacial score (nSPS) is 14.0. The van der Waals surface area contributed by atoms with E-state index in [4.69, 9.17) is 0 Å². The first-order valence-electron chi connectivity index (χ1n) is 10.0. The summed E-state index contributed by atoms with van der Waals surface area (Å²) in [6.45, 7) is 1.83. The maximum atomic E-state index is 13.4. The van der Waals surface area contributed by atoms with Crippen molar-refractivity contribution in [3.8, 4) is 0 Å². The first-order chi connectivity index (χ1) is 15.0. The van der Waals surface area contributed by atoms with Crippen LogP contribution in [0.1, 0.15) is 35.7 Å². The Bertz CT molecular complexity index is 1020. The van der Waals surface area contributed by atoms with Crippen LogP contribution in [0.5, 0.6) is 0 Å². The average molecular weight is 415 g/mol. The molecule has 0 heterocycles. The molecule has 2 N–H and O–H groups in total. The van der Waals surface area contributed by atoms with E-state index in [1.54, 1.807) is 36.4 Å². The van der Waals surface area contributed by atoms with Crippen LogP contribution in [-0.2, 0) is 9.59 Å². The molecule has 0 bridgehead atoms. The van der Waals surface area contributed by atoms with Gasteiger partial charge in [-0.1, -0.05) is 91.0 Å². The molecule has 0 aliphatic carbocycles. The van der Waals surface area contributed by atoms with Gasteiger partial charge in [0, 0.05) is 6.08 Å². The molecule has 0 aromatic heterocycles. The summed E-state index contributed by atoms with van der Waals surface area (Å²) in [5.74, 6) is -1.78. The van der Waals surface area contributed by atoms with Gasteiger partial charge in [0.1, 0.15) is 0 Å². The van der Waals surface area contributed by atoms with E-state index in [1.165, 1.54) is 11.0 Å². The summed E-state index contributed by atoms with van der Waals surface area (Å²) < 4.78 is 0. The van der Waals surface area contributed by atoms with Crippen molar-refractivity contribution in [2.75, 3.05) is 0 Å². The number of carbonyl (C=O) groups excluding carboxylic acids is 1. The maximum Gasteiger partial charge on any atom is 0.335 e. The third kappa shape index (κ3) is 5.47. The Labute approximate surface area is 181 Å². The van der Waals surface area contributed by atoms with Gasteiger partial charge in [0.05, 0.1) is 12.1 Å². The number of benzene rings is 3. The number of hydrogen-bond acceptors (Lipinski definition) is 3. The largest absolute Gasteiger partial charge is 0.479 e. The summed E-state index contributed by atoms with van der Waals surface area (Å²) in [5, 5.41) is 20.2. The molecule has 0 fully saturated rings. The number of aliphatic carboxylic acids is 1. The molecule has 0 aliphatic heterocycles. The molecule has 1 amide bonds. The molecule has 0 radical (unpaired) electrons. The lowest BCUT2D eigenvalue weighted by Crippen LogP contribution is -2.44. The van der Waals surface area contributed by atoms with Gasteiger partial charge in [-0.2, -0.15) is 0 Å². The zero-order valence-electron chi connectivity index (χ0n) is 17.2. The van der Waals surface area contributed by atoms with Gasteiger partial charge >= 0.3 is 5.97 Å². The maximum absolute atomic E-state index is 13.4. The van der Waals surface area contributed by atoms with Gasteiger partial charge in [-0.15, -0.1) is 0 Å². The van der Waals surface area contributed by atoms with Crippen LogP contribution in [0.3, 0.4) is 0 Å². The third-order valence-corrected chi connectivity index (χ3v) is 5.16. The monoisotopic (exact) mass is 415 g/mol. The molecular weight excluding hydrogens is 390 g/mol. The zero-order chi connectivity index (χ0) is 22.2. The van der Waals surface area contributed by atoms with Crippen LogP contribution in [0, 0.1) is 0 Å². The second kappa shape index (κ2) is 10.4. The molecule has 0 aliphatic rings. The quantitative estimate of drug-likeness (QED) is 0.532. The van der Waals surface area contributed by atoms with Crippen LogP contribution < -0.4 is 0 Å². The van der Waals surface area contributed by atoms with Gasteiger partial charge < -0.3 is 15.1 Å². The van der Waals surface area contributed by atoms with Gasteiger partial charge in [0.25, 0.3) is 0 Å². The van der Waals surface area contributed by atoms with E-state index in [2.05, 4.69) is 0 Å². The molecule has 3 unspecified atom stereocenters. The predicted octanol–water partition coefficient (Wildman–Crippen LogP) is 4.48. The van der Waals surface area contributed by atoms with E-state index < -0.39 is 30.1 Å². The van der Waals surface area contributed by atoms with Crippen molar-refractivity contribution in [2.45, 2.75) is 25.1 Å². The highest BCUT2D eigenvalue weighted by atomic mass is 16.4. The summed E-state index contributed by atoms with van der Waals surface area (Å²) in [6.07, 6.45) is 1.31. The van der Waals surface area contributed by atoms with Crippen molar-refractivity contribution in [1.29, 1.82) is 0 Å². The second-order valence-electron chi connectivity index (χ2n) is 7.21. The molecule has 0 saturated heterocycles. The lowest BCUT2D eigenvalue weighted by molar-refractivity contribution is -0.154. The Morgan fingerprint density at radius 3 is 1.81 bits per heavy atom. The average Bonchev–Trinajstić information content (AvgIpc) is 2.82. The molecule has 31 heavy (non-hydrogen) atoms. The van der Waals surface area contributed by atoms with Crippen molar-refractivity contribution in [2.24, 2.45) is 0 Å². The fourth-order valence-corrected chi connectivity index (χ4v) is 3.56. The number of carboxylic acid groups (broad SMARTS) is 1. The number of rotatable bonds is 8. The van der Waals surface area contributed by atoms with Crippen LogP contribution in [-0.4, -0.2) is 33.1 Å². The van der Waals surface area contributed by atoms with Gasteiger partial charge in [-0.05, 0) is 29.7 Å². The van der Waals surface area contributed by atoms with Crippen LogP contribution in [0.4, 0.5) is 0 Å². The Balaban J connectivity index is 2.07. The van der Waals surface area contributed by atoms with E-state index in [-0.39, 0.29) is 0 Å². The number of nitrogens with zero attached hydrogens (tertiary/aromatic N) is 1. The van der Waals surface area contributed by atoms with Crippen molar-refractivity contribution in [3.05, 3.63) is 114 Å². The molecule has 5 nitrogen and oxygen atoms in total. The zero-order valence-corrected chi connectivity index (χ0v) is 17.2. The van der Waals surface area contributed by atoms with Crippen molar-refractivity contribution >= 4 is 18.0 Å². The first kappa shape index (κ1) is 22.0. The molecule has 3 aromatic carbocycles. The highest BCUT2D eigenvalue weighted by Gasteiger charge is 2.37. The Morgan fingerprint density at radius 1 is 0.806 bits per heavy atom. The van der Waals surface area contributed by atoms with Crippen LogP contribution in [0.25, 0.3) is 6.08 Å². The van der Waals surface area contributed by atoms with E-state index in [1.807, 2.05) is 67.6 Å². The molecule has 3 aromatic rings. The number of aliphatic hydroxyl groups excluding tert-OH is 1. The topological polar surface area (TPSA) is 77.8 Å². The van der Waals surface area contributed by atoms with E-state index in [9.17, 15) is 19.8 Å². The van der Waals surface area contributed by atoms with E-state index >= 15 is 0 Å². The van der Waals surface area contributed by atoms with Crippen LogP contribution in [0.15, 0.2) is 97.1 Å². The molecule has 3 rings (SSSR count). The number of amides is 1. The SMILES string of the molecule is CC(c1ccccc1)N(C(=O)/C=C/c1ccccc1)C(c1ccccc1)C(O)C(=O)O. The highest BCUT2D eigenvalue weighted by molar-refractivity contribution is 5.93. The minimum absolute atomic E-state index is 0.394. The van der Waals surface area contributed by atoms with Crippen molar-refractivity contribution in [3.63, 3.8) is 0 Å². The summed E-state index contributed by atoms with van der Waals surface area (Å²) in [6, 6.07) is 25.9.